The van der Waals surface area contributed by atoms with Gasteiger partial charge in [-0.1, -0.05) is 42.5 Å². The summed E-state index contributed by atoms with van der Waals surface area (Å²) in [5, 5.41) is 0.970. The molecule has 0 aliphatic heterocycles. The van der Waals surface area contributed by atoms with Gasteiger partial charge in [0.2, 0.25) is 0 Å². The fraction of sp³-hybridized carbons (Fsp3) is 0.500. The molecular weight excluding hydrogens is 351 g/mol. The molecule has 1 aromatic rings. The molecule has 2 nitrogen and oxygen atoms in total. The van der Waals surface area contributed by atoms with Crippen molar-refractivity contribution in [3.63, 3.8) is 0 Å². The van der Waals surface area contributed by atoms with Crippen LogP contribution in [0.25, 0.3) is 0 Å². The maximum atomic E-state index is 12.0. The molecule has 1 saturated carbocycles. The zero-order valence-electron chi connectivity index (χ0n) is 10.4. The van der Waals surface area contributed by atoms with E-state index in [-0.39, 0.29) is 18.3 Å². The molecule has 104 valence electrons. The maximum absolute atomic E-state index is 12.0. The van der Waals surface area contributed by atoms with Crippen LogP contribution < -0.4 is 4.74 Å². The second kappa shape index (κ2) is 6.96. The molecular formula is C14H15BrCl2O2. The number of ketones is 1. The number of carbonyl (C=O) groups is 1. The molecule has 0 bridgehead atoms. The molecule has 2 rings (SSSR count). The van der Waals surface area contributed by atoms with Crippen molar-refractivity contribution in [2.45, 2.75) is 32.1 Å². The Morgan fingerprint density at radius 2 is 1.89 bits per heavy atom. The van der Waals surface area contributed by atoms with Gasteiger partial charge in [0.1, 0.15) is 12.4 Å². The molecule has 1 aliphatic rings. The lowest BCUT2D eigenvalue weighted by Gasteiger charge is -2.20. The summed E-state index contributed by atoms with van der Waals surface area (Å²) in [6, 6.07) is 3.30. The van der Waals surface area contributed by atoms with Gasteiger partial charge in [0, 0.05) is 16.5 Å². The first-order valence-corrected chi connectivity index (χ1v) is 7.93. The van der Waals surface area contributed by atoms with E-state index in [9.17, 15) is 4.79 Å². The van der Waals surface area contributed by atoms with Crippen LogP contribution in [-0.4, -0.2) is 12.4 Å². The summed E-state index contributed by atoms with van der Waals surface area (Å²) in [6.07, 6.45) is 5.48. The topological polar surface area (TPSA) is 26.3 Å². The van der Waals surface area contributed by atoms with Crippen LogP contribution in [0.2, 0.25) is 10.0 Å². The van der Waals surface area contributed by atoms with Crippen molar-refractivity contribution < 1.29 is 9.53 Å². The second-order valence-corrected chi connectivity index (χ2v) is 6.46. The van der Waals surface area contributed by atoms with Crippen molar-refractivity contribution in [3.8, 4) is 5.75 Å². The Labute approximate surface area is 131 Å². The molecule has 0 unspecified atom stereocenters. The van der Waals surface area contributed by atoms with Crippen molar-refractivity contribution in [2.24, 2.45) is 5.92 Å². The first-order valence-electron chi connectivity index (χ1n) is 6.38. The van der Waals surface area contributed by atoms with Gasteiger partial charge in [-0.25, -0.2) is 0 Å². The van der Waals surface area contributed by atoms with Gasteiger partial charge in [-0.15, -0.1) is 0 Å². The number of hydrogen-bond acceptors (Lipinski definition) is 2. The average Bonchev–Trinajstić information content (AvgIpc) is 2.42. The van der Waals surface area contributed by atoms with Crippen LogP contribution >= 0.6 is 39.1 Å². The third kappa shape index (κ3) is 4.11. The first-order chi connectivity index (χ1) is 9.08. The van der Waals surface area contributed by atoms with E-state index in [2.05, 4.69) is 15.9 Å². The van der Waals surface area contributed by atoms with E-state index < -0.39 is 0 Å². The van der Waals surface area contributed by atoms with E-state index in [1.807, 2.05) is 0 Å². The van der Waals surface area contributed by atoms with Crippen molar-refractivity contribution in [3.05, 3.63) is 26.7 Å². The van der Waals surface area contributed by atoms with Gasteiger partial charge in [0.25, 0.3) is 0 Å². The van der Waals surface area contributed by atoms with Crippen LogP contribution in [0.5, 0.6) is 5.75 Å². The minimum absolute atomic E-state index is 0.0718. The Morgan fingerprint density at radius 1 is 1.21 bits per heavy atom. The molecule has 5 heteroatoms. The molecule has 0 N–H and O–H groups in total. The third-order valence-corrected chi connectivity index (χ3v) is 4.90. The van der Waals surface area contributed by atoms with Gasteiger partial charge in [0.05, 0.1) is 10.0 Å². The fourth-order valence-corrected chi connectivity index (χ4v) is 3.15. The monoisotopic (exact) mass is 364 g/mol. The van der Waals surface area contributed by atoms with Crippen LogP contribution in [0.1, 0.15) is 32.1 Å². The van der Waals surface area contributed by atoms with Crippen LogP contribution in [0.4, 0.5) is 0 Å². The standard InChI is InChI=1S/C14H15BrCl2O2/c15-10-6-12(17)14(7-11(10)16)19-8-13(18)9-4-2-1-3-5-9/h6-7,9H,1-5,8H2. The Bertz CT molecular complexity index is 471. The molecule has 0 heterocycles. The summed E-state index contributed by atoms with van der Waals surface area (Å²) >= 11 is 15.3. The van der Waals surface area contributed by atoms with E-state index in [0.29, 0.717) is 20.3 Å². The summed E-state index contributed by atoms with van der Waals surface area (Å²) in [4.78, 5) is 12.0. The van der Waals surface area contributed by atoms with E-state index in [4.69, 9.17) is 27.9 Å². The number of benzene rings is 1. The van der Waals surface area contributed by atoms with Gasteiger partial charge in [-0.3, -0.25) is 4.79 Å². The summed E-state index contributed by atoms with van der Waals surface area (Å²) in [5.74, 6) is 0.771. The van der Waals surface area contributed by atoms with E-state index >= 15 is 0 Å². The molecule has 19 heavy (non-hydrogen) atoms. The van der Waals surface area contributed by atoms with Crippen molar-refractivity contribution in [1.82, 2.24) is 0 Å². The fourth-order valence-electron chi connectivity index (χ4n) is 2.31. The van der Waals surface area contributed by atoms with Crippen molar-refractivity contribution >= 4 is 44.9 Å². The minimum Gasteiger partial charge on any atom is -0.484 e. The number of hydrogen-bond donors (Lipinski definition) is 0. The van der Waals surface area contributed by atoms with Crippen LogP contribution in [-0.2, 0) is 4.79 Å². The molecule has 0 aromatic heterocycles. The lowest BCUT2D eigenvalue weighted by Crippen LogP contribution is -2.23. The van der Waals surface area contributed by atoms with Crippen molar-refractivity contribution in [2.75, 3.05) is 6.61 Å². The lowest BCUT2D eigenvalue weighted by molar-refractivity contribution is -0.125. The van der Waals surface area contributed by atoms with Gasteiger partial charge in [0.15, 0.2) is 5.78 Å². The molecule has 1 aliphatic carbocycles. The first kappa shape index (κ1) is 15.1. The molecule has 0 atom stereocenters. The Kier molecular flexibility index (Phi) is 5.55. The Hall–Kier alpha value is -0.250. The Balaban J connectivity index is 1.94. The summed E-state index contributed by atoms with van der Waals surface area (Å²) < 4.78 is 6.21. The average molecular weight is 366 g/mol. The van der Waals surface area contributed by atoms with Gasteiger partial charge >= 0.3 is 0 Å². The van der Waals surface area contributed by atoms with Gasteiger partial charge in [-0.05, 0) is 34.8 Å². The quantitative estimate of drug-likeness (QED) is 0.678. The molecule has 0 amide bonds. The van der Waals surface area contributed by atoms with Crippen LogP contribution in [0.3, 0.4) is 0 Å². The summed E-state index contributed by atoms with van der Waals surface area (Å²) in [5.41, 5.74) is 0. The highest BCUT2D eigenvalue weighted by Gasteiger charge is 2.21. The molecule has 1 fully saturated rings. The number of halogens is 3. The highest BCUT2D eigenvalue weighted by molar-refractivity contribution is 9.10. The van der Waals surface area contributed by atoms with Crippen molar-refractivity contribution in [1.29, 1.82) is 0 Å². The zero-order chi connectivity index (χ0) is 13.8. The third-order valence-electron chi connectivity index (χ3n) is 3.41. The second-order valence-electron chi connectivity index (χ2n) is 4.79. The molecule has 0 saturated heterocycles. The predicted molar refractivity (Wildman–Crippen MR) is 81.2 cm³/mol. The number of carbonyl (C=O) groups excluding carboxylic acids is 1. The number of Topliss-reactive ketones (excluding diaryl/α,β-unsaturated/α-hetero) is 1. The smallest absolute Gasteiger partial charge is 0.173 e. The molecule has 1 aromatic carbocycles. The Morgan fingerprint density at radius 3 is 2.58 bits per heavy atom. The van der Waals surface area contributed by atoms with E-state index in [0.717, 1.165) is 25.7 Å². The maximum Gasteiger partial charge on any atom is 0.173 e. The van der Waals surface area contributed by atoms with Gasteiger partial charge in [-0.2, -0.15) is 0 Å². The van der Waals surface area contributed by atoms with Crippen LogP contribution in [0, 0.1) is 5.92 Å². The van der Waals surface area contributed by atoms with Gasteiger partial charge < -0.3 is 4.74 Å². The van der Waals surface area contributed by atoms with E-state index in [1.165, 1.54) is 6.42 Å². The molecule has 0 radical (unpaired) electrons. The normalized spacial score (nSPS) is 16.4. The SMILES string of the molecule is O=C(COc1cc(Cl)c(Br)cc1Cl)C1CCCCC1. The van der Waals surface area contributed by atoms with E-state index in [1.54, 1.807) is 12.1 Å². The summed E-state index contributed by atoms with van der Waals surface area (Å²) in [7, 11) is 0. The zero-order valence-corrected chi connectivity index (χ0v) is 13.5. The predicted octanol–water partition coefficient (Wildman–Crippen LogP) is 5.28. The minimum atomic E-state index is 0.0718. The highest BCUT2D eigenvalue weighted by Crippen LogP contribution is 2.34. The van der Waals surface area contributed by atoms with Crippen LogP contribution in [0.15, 0.2) is 16.6 Å². The lowest BCUT2D eigenvalue weighted by atomic mass is 9.86. The largest absolute Gasteiger partial charge is 0.484 e. The molecule has 0 spiro atoms. The number of ether oxygens (including phenoxy) is 1. The summed E-state index contributed by atoms with van der Waals surface area (Å²) in [6.45, 7) is 0.0718. The highest BCUT2D eigenvalue weighted by atomic mass is 79.9. The number of rotatable bonds is 4.